The van der Waals surface area contributed by atoms with Crippen molar-refractivity contribution in [1.29, 1.82) is 0 Å². The minimum Gasteiger partial charge on any atom is -0.481 e. The van der Waals surface area contributed by atoms with Crippen LogP contribution in [0.1, 0.15) is 39.5 Å². The lowest BCUT2D eigenvalue weighted by Crippen LogP contribution is -2.53. The molecule has 0 bridgehead atoms. The van der Waals surface area contributed by atoms with Crippen LogP contribution in [0.2, 0.25) is 0 Å². The summed E-state index contributed by atoms with van der Waals surface area (Å²) < 4.78 is 5.16. The Morgan fingerprint density at radius 1 is 1.15 bits per heavy atom. The number of carbonyl (C=O) groups is 4. The highest BCUT2D eigenvalue weighted by molar-refractivity contribution is 6.45. The summed E-state index contributed by atoms with van der Waals surface area (Å²) in [6.07, 6.45) is 0.629. The number of nitrogens with one attached hydrogen (secondary N) is 1. The quantitative estimate of drug-likeness (QED) is 0.219. The zero-order valence-electron chi connectivity index (χ0n) is 15.0. The summed E-state index contributed by atoms with van der Waals surface area (Å²) >= 11 is 0. The lowest BCUT2D eigenvalue weighted by atomic mass is 9.72. The summed E-state index contributed by atoms with van der Waals surface area (Å²) in [5.41, 5.74) is -0.849. The lowest BCUT2D eigenvalue weighted by Gasteiger charge is -2.31. The van der Waals surface area contributed by atoms with Crippen LogP contribution in [-0.2, 0) is 23.8 Å². The highest BCUT2D eigenvalue weighted by atomic mass is 16.5. The molecule has 0 aliphatic carbocycles. The predicted molar refractivity (Wildman–Crippen MR) is 92.6 cm³/mol. The monoisotopic (exact) mass is 383 g/mol. The Morgan fingerprint density at radius 2 is 1.78 bits per heavy atom. The fraction of sp³-hybridized carbons (Fsp3) is 0.500. The fourth-order valence-electron chi connectivity index (χ4n) is 2.77. The molecule has 1 aliphatic heterocycles. The maximum atomic E-state index is 12.2. The molecule has 1 rings (SSSR count). The summed E-state index contributed by atoms with van der Waals surface area (Å²) in [5, 5.41) is 39.5. The third kappa shape index (κ3) is 6.53. The van der Waals surface area contributed by atoms with Crippen LogP contribution >= 0.6 is 0 Å². The first-order valence-electron chi connectivity index (χ1n) is 8.24. The van der Waals surface area contributed by atoms with Gasteiger partial charge >= 0.3 is 25.0 Å². The summed E-state index contributed by atoms with van der Waals surface area (Å²) in [5.74, 6) is -5.34. The van der Waals surface area contributed by atoms with E-state index in [1.165, 1.54) is 13.0 Å². The van der Waals surface area contributed by atoms with Gasteiger partial charge in [0.1, 0.15) is 0 Å². The van der Waals surface area contributed by atoms with Gasteiger partial charge in [-0.05, 0) is 32.3 Å². The van der Waals surface area contributed by atoms with Crippen molar-refractivity contribution in [1.82, 2.24) is 5.32 Å². The van der Waals surface area contributed by atoms with Gasteiger partial charge in [-0.2, -0.15) is 0 Å². The molecular formula is C16H22BNO9. The zero-order chi connectivity index (χ0) is 20.7. The van der Waals surface area contributed by atoms with Crippen molar-refractivity contribution < 1.29 is 44.2 Å². The molecule has 5 N–H and O–H groups in total. The lowest BCUT2D eigenvalue weighted by molar-refractivity contribution is -0.139. The molecule has 0 spiro atoms. The van der Waals surface area contributed by atoms with E-state index >= 15 is 0 Å². The number of hydrogen-bond donors (Lipinski definition) is 5. The van der Waals surface area contributed by atoms with E-state index < -0.39 is 60.5 Å². The summed E-state index contributed by atoms with van der Waals surface area (Å²) in [6.45, 7) is 2.62. The first-order valence-corrected chi connectivity index (χ1v) is 8.24. The van der Waals surface area contributed by atoms with E-state index in [4.69, 9.17) is 14.9 Å². The molecule has 148 valence electrons. The Kier molecular flexibility index (Phi) is 8.19. The maximum Gasteiger partial charge on any atom is 0.478 e. The molecule has 27 heavy (non-hydrogen) atoms. The molecule has 0 aromatic rings. The van der Waals surface area contributed by atoms with Gasteiger partial charge in [-0.15, -0.1) is 0 Å². The summed E-state index contributed by atoms with van der Waals surface area (Å²) in [6, 6.07) is 0. The van der Waals surface area contributed by atoms with Gasteiger partial charge in [0.15, 0.2) is 0 Å². The molecule has 1 amide bonds. The Bertz CT molecular complexity index is 685. The Balaban J connectivity index is 2.78. The number of amides is 1. The van der Waals surface area contributed by atoms with Crippen LogP contribution < -0.4 is 5.32 Å². The molecule has 0 aromatic heterocycles. The maximum absolute atomic E-state index is 12.2. The standard InChI is InChI=1S/C16H22BNO9/c1-3-9(14(16(24)25)8(2)15(22)23)6-12(19)18-11-5-4-10(7-13(20)21)27-17(11)26/h3,10-11,26H,4-7H2,1-2H3,(H,18,19)(H,20,21)(H,22,23)(H,24,25). The molecule has 0 saturated carbocycles. The van der Waals surface area contributed by atoms with E-state index in [0.29, 0.717) is 6.42 Å². The number of allylic oxidation sites excluding steroid dienone is 1. The molecule has 1 saturated heterocycles. The van der Waals surface area contributed by atoms with Crippen LogP contribution in [0.25, 0.3) is 0 Å². The second-order valence-electron chi connectivity index (χ2n) is 6.10. The van der Waals surface area contributed by atoms with E-state index in [1.807, 2.05) is 0 Å². The molecule has 1 fully saturated rings. The van der Waals surface area contributed by atoms with E-state index in [1.54, 1.807) is 0 Å². The van der Waals surface area contributed by atoms with E-state index in [-0.39, 0.29) is 18.4 Å². The van der Waals surface area contributed by atoms with Crippen molar-refractivity contribution in [3.05, 3.63) is 22.8 Å². The largest absolute Gasteiger partial charge is 0.481 e. The SMILES string of the molecule is CC=C(CC(=O)NC1CCC(CC(=O)O)OB1O)C(C(=O)O)=C(C)C(=O)O. The third-order valence-corrected chi connectivity index (χ3v) is 4.15. The topological polar surface area (TPSA) is 170 Å². The van der Waals surface area contributed by atoms with Crippen LogP contribution in [0.15, 0.2) is 22.8 Å². The van der Waals surface area contributed by atoms with Gasteiger partial charge in [0, 0.05) is 5.57 Å². The average Bonchev–Trinajstić information content (AvgIpc) is 2.55. The van der Waals surface area contributed by atoms with Crippen molar-refractivity contribution in [2.75, 3.05) is 0 Å². The van der Waals surface area contributed by atoms with E-state index in [0.717, 1.165) is 6.92 Å². The molecule has 2 unspecified atom stereocenters. The number of carboxylic acids is 3. The highest BCUT2D eigenvalue weighted by Gasteiger charge is 2.37. The zero-order valence-corrected chi connectivity index (χ0v) is 15.0. The predicted octanol–water partition coefficient (Wildman–Crippen LogP) is -0.0333. The van der Waals surface area contributed by atoms with Gasteiger partial charge in [-0.1, -0.05) is 6.08 Å². The van der Waals surface area contributed by atoms with Crippen LogP contribution in [0.3, 0.4) is 0 Å². The second kappa shape index (κ2) is 9.88. The number of carbonyl (C=O) groups excluding carboxylic acids is 1. The molecule has 1 aliphatic rings. The van der Waals surface area contributed by atoms with E-state index in [2.05, 4.69) is 5.32 Å². The smallest absolute Gasteiger partial charge is 0.478 e. The fourth-order valence-corrected chi connectivity index (χ4v) is 2.77. The second-order valence-corrected chi connectivity index (χ2v) is 6.10. The first-order chi connectivity index (χ1) is 12.6. The van der Waals surface area contributed by atoms with Gasteiger partial charge < -0.3 is 30.3 Å². The van der Waals surface area contributed by atoms with Crippen LogP contribution in [0.4, 0.5) is 0 Å². The molecule has 10 nitrogen and oxygen atoms in total. The Morgan fingerprint density at radius 3 is 2.22 bits per heavy atom. The average molecular weight is 383 g/mol. The van der Waals surface area contributed by atoms with Crippen LogP contribution in [0, 0.1) is 0 Å². The first kappa shape index (κ1) is 22.4. The van der Waals surface area contributed by atoms with E-state index in [9.17, 15) is 29.3 Å². The number of carboxylic acid groups (broad SMARTS) is 3. The van der Waals surface area contributed by atoms with Crippen LogP contribution in [0.5, 0.6) is 0 Å². The molecular weight excluding hydrogens is 361 g/mol. The van der Waals surface area contributed by atoms with Crippen LogP contribution in [-0.4, -0.2) is 63.3 Å². The molecule has 11 heteroatoms. The summed E-state index contributed by atoms with van der Waals surface area (Å²) in [7, 11) is -1.39. The van der Waals surface area contributed by atoms with Gasteiger partial charge in [0.2, 0.25) is 5.91 Å². The number of rotatable bonds is 8. The minimum absolute atomic E-state index is 0.0230. The van der Waals surface area contributed by atoms with Gasteiger partial charge in [-0.3, -0.25) is 9.59 Å². The molecule has 0 radical (unpaired) electrons. The normalized spacial score (nSPS) is 21.3. The van der Waals surface area contributed by atoms with Crippen molar-refractivity contribution in [2.24, 2.45) is 0 Å². The molecule has 0 aromatic carbocycles. The van der Waals surface area contributed by atoms with Crippen molar-refractivity contribution in [3.63, 3.8) is 0 Å². The molecule has 2 atom stereocenters. The van der Waals surface area contributed by atoms with Crippen molar-refractivity contribution in [3.8, 4) is 0 Å². The van der Waals surface area contributed by atoms with Crippen molar-refractivity contribution in [2.45, 2.75) is 51.6 Å². The van der Waals surface area contributed by atoms with Gasteiger partial charge in [0.25, 0.3) is 0 Å². The number of hydrogen-bond acceptors (Lipinski definition) is 6. The summed E-state index contributed by atoms with van der Waals surface area (Å²) in [4.78, 5) is 45.4. The highest BCUT2D eigenvalue weighted by Crippen LogP contribution is 2.21. The third-order valence-electron chi connectivity index (χ3n) is 4.15. The van der Waals surface area contributed by atoms with Gasteiger partial charge in [-0.25, -0.2) is 9.59 Å². The van der Waals surface area contributed by atoms with Crippen molar-refractivity contribution >= 4 is 30.9 Å². The molecule has 1 heterocycles. The number of aliphatic carboxylic acids is 3. The minimum atomic E-state index is -1.46. The van der Waals surface area contributed by atoms with Gasteiger partial charge in [0.05, 0.1) is 30.5 Å². The Hall–Kier alpha value is -2.66. The Labute approximate surface area is 155 Å².